The summed E-state index contributed by atoms with van der Waals surface area (Å²) >= 11 is 0. The van der Waals surface area contributed by atoms with E-state index in [1.165, 1.54) is 48.1 Å². The largest absolute Gasteiger partial charge is 1.00 e. The van der Waals surface area contributed by atoms with Gasteiger partial charge in [-0.2, -0.15) is 0 Å². The molecule has 0 amide bonds. The Bertz CT molecular complexity index is 1080. The average molecular weight is 511 g/mol. The standard InChI is InChI=1S/C34H39N2.ClH/c1-5-15-30(16-6-1)25-35(26-31-17-7-2-8-18-31)27-34-23-13-14-24-36(34,28-32-19-9-3-10-20-32)29-33-21-11-4-12-22-33;/h1-12,15-22,34H,13-14,23-29H2;1H/q+1;/p-1/t34-;/m1./s1. The van der Waals surface area contributed by atoms with Gasteiger partial charge in [-0.05, 0) is 24.0 Å². The van der Waals surface area contributed by atoms with Crippen molar-refractivity contribution in [3.8, 4) is 0 Å². The topological polar surface area (TPSA) is 3.24 Å². The van der Waals surface area contributed by atoms with Gasteiger partial charge in [0.05, 0.1) is 13.1 Å². The summed E-state index contributed by atoms with van der Waals surface area (Å²) in [7, 11) is 0. The molecule has 0 bridgehead atoms. The molecule has 2 nitrogen and oxygen atoms in total. The predicted molar refractivity (Wildman–Crippen MR) is 150 cm³/mol. The van der Waals surface area contributed by atoms with E-state index in [1.54, 1.807) is 0 Å². The minimum atomic E-state index is 0. The molecule has 0 aromatic heterocycles. The number of nitrogens with zero attached hydrogens (tertiary/aromatic N) is 2. The summed E-state index contributed by atoms with van der Waals surface area (Å²) < 4.78 is 1.15. The SMILES string of the molecule is [Cl-].c1ccc(CN(Cc2ccccc2)C[C@H]2CCCC[N+]2(Cc2ccccc2)Cc2ccccc2)cc1. The molecule has 1 aliphatic rings. The first-order chi connectivity index (χ1) is 17.8. The quantitative estimate of drug-likeness (QED) is 0.285. The monoisotopic (exact) mass is 510 g/mol. The van der Waals surface area contributed by atoms with Crippen molar-refractivity contribution in [2.24, 2.45) is 0 Å². The predicted octanol–water partition coefficient (Wildman–Crippen LogP) is 4.46. The molecule has 0 unspecified atom stereocenters. The minimum Gasteiger partial charge on any atom is -1.00 e. The van der Waals surface area contributed by atoms with Crippen LogP contribution in [0.25, 0.3) is 0 Å². The van der Waals surface area contributed by atoms with Crippen LogP contribution in [0.15, 0.2) is 121 Å². The first kappa shape index (κ1) is 27.1. The van der Waals surface area contributed by atoms with Gasteiger partial charge >= 0.3 is 0 Å². The van der Waals surface area contributed by atoms with Crippen LogP contribution in [0.2, 0.25) is 0 Å². The summed E-state index contributed by atoms with van der Waals surface area (Å²) in [5.74, 6) is 0. The van der Waals surface area contributed by atoms with E-state index in [2.05, 4.69) is 126 Å². The van der Waals surface area contributed by atoms with Gasteiger partial charge in [-0.15, -0.1) is 0 Å². The van der Waals surface area contributed by atoms with Crippen LogP contribution in [-0.4, -0.2) is 28.5 Å². The molecule has 192 valence electrons. The molecule has 0 radical (unpaired) electrons. The molecular formula is C34H39ClN2. The van der Waals surface area contributed by atoms with Gasteiger partial charge in [-0.3, -0.25) is 4.90 Å². The fourth-order valence-corrected chi connectivity index (χ4v) is 6.06. The van der Waals surface area contributed by atoms with Crippen molar-refractivity contribution in [2.75, 3.05) is 13.1 Å². The van der Waals surface area contributed by atoms with Crippen LogP contribution in [0.1, 0.15) is 41.5 Å². The maximum atomic E-state index is 2.70. The van der Waals surface area contributed by atoms with Gasteiger partial charge in [-0.25, -0.2) is 0 Å². The van der Waals surface area contributed by atoms with E-state index in [9.17, 15) is 0 Å². The van der Waals surface area contributed by atoms with E-state index >= 15 is 0 Å². The molecule has 0 spiro atoms. The number of halogens is 1. The molecule has 1 heterocycles. The smallest absolute Gasteiger partial charge is 0.105 e. The fraction of sp³-hybridized carbons (Fsp3) is 0.294. The van der Waals surface area contributed by atoms with E-state index in [4.69, 9.17) is 0 Å². The van der Waals surface area contributed by atoms with Crippen LogP contribution in [0.3, 0.4) is 0 Å². The van der Waals surface area contributed by atoms with E-state index < -0.39 is 0 Å². The third-order valence-corrected chi connectivity index (χ3v) is 7.81. The van der Waals surface area contributed by atoms with Crippen molar-refractivity contribution >= 4 is 0 Å². The van der Waals surface area contributed by atoms with E-state index in [0.717, 1.165) is 37.2 Å². The molecule has 3 heteroatoms. The van der Waals surface area contributed by atoms with Gasteiger partial charge in [0, 0.05) is 30.6 Å². The Morgan fingerprint density at radius 1 is 0.541 bits per heavy atom. The number of likely N-dealkylation sites (tertiary alicyclic amines) is 1. The normalized spacial score (nSPS) is 16.7. The molecule has 0 saturated carbocycles. The van der Waals surface area contributed by atoms with Gasteiger partial charge in [0.1, 0.15) is 19.1 Å². The van der Waals surface area contributed by atoms with Gasteiger partial charge in [0.15, 0.2) is 0 Å². The fourth-order valence-electron chi connectivity index (χ4n) is 6.06. The second kappa shape index (κ2) is 13.6. The summed E-state index contributed by atoms with van der Waals surface area (Å²) in [6.07, 6.45) is 3.94. The lowest BCUT2D eigenvalue weighted by Crippen LogP contribution is -3.00. The summed E-state index contributed by atoms with van der Waals surface area (Å²) in [4.78, 5) is 2.70. The lowest BCUT2D eigenvalue weighted by atomic mass is 9.94. The second-order valence-corrected chi connectivity index (χ2v) is 10.5. The van der Waals surface area contributed by atoms with Crippen molar-refractivity contribution in [3.05, 3.63) is 144 Å². The Morgan fingerprint density at radius 2 is 0.946 bits per heavy atom. The van der Waals surface area contributed by atoms with Crippen molar-refractivity contribution in [1.82, 2.24) is 4.90 Å². The van der Waals surface area contributed by atoms with Crippen molar-refractivity contribution in [1.29, 1.82) is 0 Å². The first-order valence-corrected chi connectivity index (χ1v) is 13.5. The zero-order chi connectivity index (χ0) is 24.5. The molecule has 4 aromatic rings. The Morgan fingerprint density at radius 3 is 1.38 bits per heavy atom. The number of quaternary nitrogens is 1. The van der Waals surface area contributed by atoms with Crippen LogP contribution in [0, 0.1) is 0 Å². The highest BCUT2D eigenvalue weighted by atomic mass is 35.5. The molecule has 1 aliphatic heterocycles. The second-order valence-electron chi connectivity index (χ2n) is 10.5. The van der Waals surface area contributed by atoms with Crippen molar-refractivity contribution in [2.45, 2.75) is 51.5 Å². The van der Waals surface area contributed by atoms with E-state index in [0.29, 0.717) is 6.04 Å². The zero-order valence-electron chi connectivity index (χ0n) is 21.8. The molecule has 37 heavy (non-hydrogen) atoms. The van der Waals surface area contributed by atoms with E-state index in [1.807, 2.05) is 0 Å². The lowest BCUT2D eigenvalue weighted by molar-refractivity contribution is -0.980. The highest BCUT2D eigenvalue weighted by molar-refractivity contribution is 5.18. The van der Waals surface area contributed by atoms with Crippen LogP contribution in [0.5, 0.6) is 0 Å². The Kier molecular flexibility index (Phi) is 9.96. The summed E-state index contributed by atoms with van der Waals surface area (Å²) in [5, 5.41) is 0. The van der Waals surface area contributed by atoms with E-state index in [-0.39, 0.29) is 12.4 Å². The molecule has 0 N–H and O–H groups in total. The van der Waals surface area contributed by atoms with Crippen LogP contribution in [0.4, 0.5) is 0 Å². The Labute approximate surface area is 229 Å². The van der Waals surface area contributed by atoms with Crippen LogP contribution in [-0.2, 0) is 26.2 Å². The number of rotatable bonds is 10. The molecule has 5 rings (SSSR count). The molecule has 4 aromatic carbocycles. The Balaban J connectivity index is 0.00000320. The van der Waals surface area contributed by atoms with Crippen molar-refractivity contribution in [3.63, 3.8) is 0 Å². The number of hydrogen-bond acceptors (Lipinski definition) is 1. The van der Waals surface area contributed by atoms with Gasteiger partial charge in [0.25, 0.3) is 0 Å². The molecular weight excluding hydrogens is 472 g/mol. The minimum absolute atomic E-state index is 0. The van der Waals surface area contributed by atoms with Gasteiger partial charge in [0.2, 0.25) is 0 Å². The molecule has 1 fully saturated rings. The maximum Gasteiger partial charge on any atom is 0.105 e. The summed E-state index contributed by atoms with van der Waals surface area (Å²) in [5.41, 5.74) is 5.71. The third-order valence-electron chi connectivity index (χ3n) is 7.81. The molecule has 0 aliphatic carbocycles. The maximum absolute atomic E-state index is 2.70. The number of benzene rings is 4. The summed E-state index contributed by atoms with van der Waals surface area (Å²) in [6.45, 7) is 6.55. The first-order valence-electron chi connectivity index (χ1n) is 13.5. The van der Waals surface area contributed by atoms with Crippen molar-refractivity contribution < 1.29 is 16.9 Å². The third kappa shape index (κ3) is 7.55. The molecule has 1 saturated heterocycles. The average Bonchev–Trinajstić information content (AvgIpc) is 2.92. The molecule has 1 atom stereocenters. The Hall–Kier alpha value is -2.91. The van der Waals surface area contributed by atoms with Gasteiger partial charge < -0.3 is 16.9 Å². The lowest BCUT2D eigenvalue weighted by Gasteiger charge is -2.49. The van der Waals surface area contributed by atoms with Gasteiger partial charge in [-0.1, -0.05) is 121 Å². The highest BCUT2D eigenvalue weighted by Crippen LogP contribution is 2.33. The number of hydrogen-bond donors (Lipinski definition) is 0. The van der Waals surface area contributed by atoms with Crippen LogP contribution >= 0.6 is 0 Å². The summed E-state index contributed by atoms with van der Waals surface area (Å²) in [6, 6.07) is 45.0. The number of piperidine rings is 1. The zero-order valence-corrected chi connectivity index (χ0v) is 22.5. The highest BCUT2D eigenvalue weighted by Gasteiger charge is 2.40. The van der Waals surface area contributed by atoms with Crippen LogP contribution < -0.4 is 12.4 Å².